The average molecular weight is 578 g/mol. The van der Waals surface area contributed by atoms with E-state index < -0.39 is 42.6 Å². The highest BCUT2D eigenvalue weighted by molar-refractivity contribution is 6.98. The quantitative estimate of drug-likeness (QED) is 0.257. The van der Waals surface area contributed by atoms with Crippen LogP contribution in [0, 0.1) is 24.4 Å². The van der Waals surface area contributed by atoms with Crippen molar-refractivity contribution in [2.24, 2.45) is 0 Å². The maximum absolute atomic E-state index is 16.1. The Labute approximate surface area is 240 Å². The summed E-state index contributed by atoms with van der Waals surface area (Å²) in [5, 5.41) is 12.2. The van der Waals surface area contributed by atoms with Crippen molar-refractivity contribution in [3.05, 3.63) is 86.9 Å². The van der Waals surface area contributed by atoms with Gasteiger partial charge >= 0.3 is 5.97 Å². The van der Waals surface area contributed by atoms with Gasteiger partial charge in [-0.2, -0.15) is 0 Å². The number of hydrogen-bond donors (Lipinski definition) is 1. The van der Waals surface area contributed by atoms with Crippen LogP contribution in [0.2, 0.25) is 13.1 Å². The summed E-state index contributed by atoms with van der Waals surface area (Å²) in [6.45, 7) is 9.56. The minimum absolute atomic E-state index is 0.328. The van der Waals surface area contributed by atoms with Crippen molar-refractivity contribution < 1.29 is 27.6 Å². The molecule has 4 aliphatic rings. The fourth-order valence-electron chi connectivity index (χ4n) is 7.01. The molecule has 41 heavy (non-hydrogen) atoms. The van der Waals surface area contributed by atoms with Gasteiger partial charge in [-0.3, -0.25) is 0 Å². The van der Waals surface area contributed by atoms with Gasteiger partial charge in [0.2, 0.25) is 0 Å². The van der Waals surface area contributed by atoms with Gasteiger partial charge in [0.25, 0.3) is 0 Å². The second-order valence-corrected chi connectivity index (χ2v) is 16.5. The number of anilines is 1. The fourth-order valence-corrected chi connectivity index (χ4v) is 10.1. The Bertz CT molecular complexity index is 1590. The van der Waals surface area contributed by atoms with E-state index in [1.165, 1.54) is 12.8 Å². The molecule has 0 saturated carbocycles. The summed E-state index contributed by atoms with van der Waals surface area (Å²) >= 11 is 0. The Hall–Kier alpha value is -3.39. The molecule has 2 saturated heterocycles. The highest BCUT2D eigenvalue weighted by atomic mass is 28.3. The van der Waals surface area contributed by atoms with Gasteiger partial charge in [0.15, 0.2) is 17.3 Å². The molecule has 6 rings (SSSR count). The van der Waals surface area contributed by atoms with Crippen molar-refractivity contribution in [3.8, 4) is 0 Å². The predicted molar refractivity (Wildman–Crippen MR) is 160 cm³/mol. The normalized spacial score (nSPS) is 20.1. The molecule has 0 atom stereocenters. The zero-order valence-corrected chi connectivity index (χ0v) is 24.9. The lowest BCUT2D eigenvalue weighted by Gasteiger charge is -2.39. The summed E-state index contributed by atoms with van der Waals surface area (Å²) in [4.78, 5) is 14.8. The highest BCUT2D eigenvalue weighted by Gasteiger charge is 2.43. The van der Waals surface area contributed by atoms with Gasteiger partial charge in [0, 0.05) is 54.9 Å². The zero-order valence-electron chi connectivity index (χ0n) is 23.9. The van der Waals surface area contributed by atoms with Crippen molar-refractivity contribution in [3.63, 3.8) is 0 Å². The molecule has 3 aliphatic heterocycles. The average Bonchev–Trinajstić information content (AvgIpc) is 2.99. The Balaban J connectivity index is 1.67. The zero-order chi connectivity index (χ0) is 29.1. The van der Waals surface area contributed by atoms with Crippen molar-refractivity contribution in [1.82, 2.24) is 0 Å². The number of aromatic carboxylic acids is 1. The van der Waals surface area contributed by atoms with Crippen LogP contribution in [0.3, 0.4) is 0 Å². The third kappa shape index (κ3) is 4.51. The van der Waals surface area contributed by atoms with E-state index in [9.17, 15) is 14.3 Å². The lowest BCUT2D eigenvalue weighted by molar-refractivity contribution is -0.535. The SMILES string of the molecule is Cc1c(F)c(F)c(C(=O)O)c(C2=C3C=CC(=[N+]4CCCCC4)C=C3[Si](C)(C)c3cc(N4CCCCC4)ccc32)c1F. The minimum atomic E-state index is -2.41. The van der Waals surface area contributed by atoms with E-state index in [4.69, 9.17) is 0 Å². The van der Waals surface area contributed by atoms with E-state index >= 15 is 8.78 Å². The number of rotatable bonds is 3. The number of carboxylic acid groups (broad SMARTS) is 1. The van der Waals surface area contributed by atoms with Gasteiger partial charge in [-0.1, -0.05) is 19.2 Å². The molecule has 2 aromatic rings. The number of allylic oxidation sites excluding steroid dienone is 5. The number of halogens is 3. The molecule has 0 aromatic heterocycles. The van der Waals surface area contributed by atoms with E-state index in [0.29, 0.717) is 16.7 Å². The molecule has 0 unspecified atom stereocenters. The first-order valence-corrected chi connectivity index (χ1v) is 17.7. The second kappa shape index (κ2) is 10.5. The van der Waals surface area contributed by atoms with Crippen LogP contribution in [0.4, 0.5) is 18.9 Å². The van der Waals surface area contributed by atoms with Crippen LogP contribution in [0.1, 0.15) is 65.6 Å². The summed E-state index contributed by atoms with van der Waals surface area (Å²) in [7, 11) is -2.41. The van der Waals surface area contributed by atoms with Crippen LogP contribution < -0.4 is 10.1 Å². The third-order valence-corrected chi connectivity index (χ3v) is 12.9. The van der Waals surface area contributed by atoms with Crippen molar-refractivity contribution in [2.75, 3.05) is 31.1 Å². The number of nitrogens with zero attached hydrogens (tertiary/aromatic N) is 2. The fraction of sp³-hybridized carbons (Fsp3) is 0.394. The van der Waals surface area contributed by atoms with Crippen LogP contribution >= 0.6 is 0 Å². The monoisotopic (exact) mass is 577 g/mol. The molecule has 2 fully saturated rings. The number of fused-ring (bicyclic) bond motifs is 2. The van der Waals surface area contributed by atoms with E-state index in [1.54, 1.807) is 0 Å². The first-order chi connectivity index (χ1) is 19.6. The molecule has 0 radical (unpaired) electrons. The summed E-state index contributed by atoms with van der Waals surface area (Å²) in [6.07, 6.45) is 13.0. The van der Waals surface area contributed by atoms with Gasteiger partial charge < -0.3 is 10.0 Å². The molecule has 0 bridgehead atoms. The smallest absolute Gasteiger partial charge is 0.339 e. The lowest BCUT2D eigenvalue weighted by atomic mass is 9.85. The van der Waals surface area contributed by atoms with Gasteiger partial charge in [-0.05, 0) is 77.9 Å². The first kappa shape index (κ1) is 27.8. The van der Waals surface area contributed by atoms with Crippen LogP contribution in [-0.4, -0.2) is 55.6 Å². The Kier molecular flexibility index (Phi) is 7.08. The minimum Gasteiger partial charge on any atom is -0.478 e. The molecule has 0 amide bonds. The van der Waals surface area contributed by atoms with E-state index in [2.05, 4.69) is 34.7 Å². The summed E-state index contributed by atoms with van der Waals surface area (Å²) < 4.78 is 48.4. The molecule has 214 valence electrons. The maximum atomic E-state index is 16.1. The lowest BCUT2D eigenvalue weighted by Crippen LogP contribution is -2.50. The topological polar surface area (TPSA) is 43.5 Å². The third-order valence-electron chi connectivity index (χ3n) is 9.34. The number of benzene rings is 2. The van der Waals surface area contributed by atoms with Gasteiger partial charge in [0.05, 0.1) is 0 Å². The standard InChI is InChI=1S/C33H35F3N2O2Si/c1-20-30(34)28(29(33(39)40)32(36)31(20)35)27-23-12-10-21(37-14-6-4-7-15-37)18-25(23)41(2,3)26-19-22(11-13-24(26)27)38-16-8-5-9-17-38/h10-13,18-19H,4-9,14-17H2,1-3H3/p+1. The number of hydrogen-bond acceptors (Lipinski definition) is 2. The van der Waals surface area contributed by atoms with Gasteiger partial charge in [-0.25, -0.2) is 22.5 Å². The van der Waals surface area contributed by atoms with Crippen LogP contribution in [0.25, 0.3) is 5.57 Å². The van der Waals surface area contributed by atoms with Gasteiger partial charge in [-0.15, -0.1) is 0 Å². The molecule has 1 N–H and O–H groups in total. The Morgan fingerprint density at radius 1 is 0.927 bits per heavy atom. The Morgan fingerprint density at radius 2 is 1.61 bits per heavy atom. The Morgan fingerprint density at radius 3 is 2.29 bits per heavy atom. The van der Waals surface area contributed by atoms with E-state index in [0.717, 1.165) is 80.6 Å². The molecule has 8 heteroatoms. The molecule has 4 nitrogen and oxygen atoms in total. The van der Waals surface area contributed by atoms with Crippen LogP contribution in [0.15, 0.2) is 47.2 Å². The second-order valence-electron chi connectivity index (χ2n) is 12.2. The number of carbonyl (C=O) groups is 1. The molecule has 3 heterocycles. The summed E-state index contributed by atoms with van der Waals surface area (Å²) in [5.74, 6) is -5.72. The van der Waals surface area contributed by atoms with Gasteiger partial charge in [0.1, 0.15) is 32.5 Å². The highest BCUT2D eigenvalue weighted by Crippen LogP contribution is 2.45. The molecule has 2 aromatic carbocycles. The first-order valence-electron chi connectivity index (χ1n) is 14.7. The molecular formula is C33H36F3N2O2Si+. The molecule has 0 spiro atoms. The largest absolute Gasteiger partial charge is 0.478 e. The van der Waals surface area contributed by atoms with Crippen molar-refractivity contribution in [2.45, 2.75) is 58.5 Å². The van der Waals surface area contributed by atoms with Crippen molar-refractivity contribution in [1.29, 1.82) is 0 Å². The predicted octanol–water partition coefficient (Wildman–Crippen LogP) is 6.50. The summed E-state index contributed by atoms with van der Waals surface area (Å²) in [6, 6.07) is 6.13. The van der Waals surface area contributed by atoms with E-state index in [-0.39, 0.29) is 5.56 Å². The molecule has 1 aliphatic carbocycles. The number of carboxylic acids is 1. The van der Waals surface area contributed by atoms with Crippen LogP contribution in [0.5, 0.6) is 0 Å². The van der Waals surface area contributed by atoms with Crippen LogP contribution in [-0.2, 0) is 0 Å². The maximum Gasteiger partial charge on any atom is 0.339 e. The number of piperidine rings is 2. The summed E-state index contributed by atoms with van der Waals surface area (Å²) in [5.41, 5.74) is 2.07. The van der Waals surface area contributed by atoms with Crippen molar-refractivity contribution >= 4 is 36.2 Å². The van der Waals surface area contributed by atoms with E-state index in [1.807, 2.05) is 24.3 Å². The molecular weight excluding hydrogens is 541 g/mol.